The topological polar surface area (TPSA) is 67.4 Å². The molecule has 2 N–H and O–H groups in total. The number of rotatable bonds is 7. The van der Waals surface area contributed by atoms with Crippen LogP contribution in [0.4, 0.5) is 5.69 Å². The van der Waals surface area contributed by atoms with Gasteiger partial charge in [0.25, 0.3) is 5.91 Å². The van der Waals surface area contributed by atoms with Crippen LogP contribution in [0.1, 0.15) is 15.9 Å². The van der Waals surface area contributed by atoms with Gasteiger partial charge in [-0.15, -0.1) is 0 Å². The van der Waals surface area contributed by atoms with Gasteiger partial charge in [-0.3, -0.25) is 9.59 Å². The SMILES string of the molecule is COCCNC(=O)c1ccc(NC(=O)/C=C/c2ccccc2Br)cc1Cl. The Morgan fingerprint density at radius 1 is 1.23 bits per heavy atom. The smallest absolute Gasteiger partial charge is 0.252 e. The maximum Gasteiger partial charge on any atom is 0.252 e. The zero-order chi connectivity index (χ0) is 18.9. The van der Waals surface area contributed by atoms with Crippen LogP contribution < -0.4 is 10.6 Å². The Bertz CT molecular complexity index is 824. The summed E-state index contributed by atoms with van der Waals surface area (Å²) in [4.78, 5) is 24.1. The number of benzene rings is 2. The molecule has 2 rings (SSSR count). The third kappa shape index (κ3) is 5.98. The molecule has 0 heterocycles. The summed E-state index contributed by atoms with van der Waals surface area (Å²) in [7, 11) is 1.56. The third-order valence-corrected chi connectivity index (χ3v) is 4.43. The zero-order valence-corrected chi connectivity index (χ0v) is 16.4. The van der Waals surface area contributed by atoms with Gasteiger partial charge in [0.1, 0.15) is 0 Å². The molecule has 136 valence electrons. The summed E-state index contributed by atoms with van der Waals surface area (Å²) in [6, 6.07) is 12.3. The fourth-order valence-electron chi connectivity index (χ4n) is 2.10. The lowest BCUT2D eigenvalue weighted by Crippen LogP contribution is -2.27. The molecule has 0 unspecified atom stereocenters. The largest absolute Gasteiger partial charge is 0.383 e. The number of carbonyl (C=O) groups excluding carboxylic acids is 2. The molecule has 0 saturated heterocycles. The lowest BCUT2D eigenvalue weighted by molar-refractivity contribution is -0.111. The molecular weight excluding hydrogens is 420 g/mol. The number of amides is 2. The molecule has 0 spiro atoms. The van der Waals surface area contributed by atoms with Crippen LogP contribution in [0.3, 0.4) is 0 Å². The number of anilines is 1. The molecule has 0 aliphatic carbocycles. The van der Waals surface area contributed by atoms with E-state index in [2.05, 4.69) is 26.6 Å². The van der Waals surface area contributed by atoms with Gasteiger partial charge in [-0.2, -0.15) is 0 Å². The van der Waals surface area contributed by atoms with E-state index in [4.69, 9.17) is 16.3 Å². The summed E-state index contributed by atoms with van der Waals surface area (Å²) in [5, 5.41) is 5.66. The number of hydrogen-bond acceptors (Lipinski definition) is 3. The van der Waals surface area contributed by atoms with Crippen molar-refractivity contribution in [1.29, 1.82) is 0 Å². The van der Waals surface area contributed by atoms with Gasteiger partial charge in [0.05, 0.1) is 17.2 Å². The van der Waals surface area contributed by atoms with Gasteiger partial charge >= 0.3 is 0 Å². The minimum absolute atomic E-state index is 0.257. The Kier molecular flexibility index (Phi) is 7.84. The number of methoxy groups -OCH3 is 1. The van der Waals surface area contributed by atoms with E-state index in [1.165, 1.54) is 12.1 Å². The van der Waals surface area contributed by atoms with Crippen molar-refractivity contribution in [2.45, 2.75) is 0 Å². The van der Waals surface area contributed by atoms with Crippen molar-refractivity contribution < 1.29 is 14.3 Å². The van der Waals surface area contributed by atoms with Gasteiger partial charge in [-0.1, -0.05) is 45.7 Å². The molecule has 2 amide bonds. The predicted molar refractivity (Wildman–Crippen MR) is 107 cm³/mol. The van der Waals surface area contributed by atoms with Crippen LogP contribution in [0.5, 0.6) is 0 Å². The monoisotopic (exact) mass is 436 g/mol. The Morgan fingerprint density at radius 3 is 2.69 bits per heavy atom. The molecule has 2 aromatic rings. The van der Waals surface area contributed by atoms with E-state index in [9.17, 15) is 9.59 Å². The molecule has 26 heavy (non-hydrogen) atoms. The van der Waals surface area contributed by atoms with E-state index < -0.39 is 0 Å². The van der Waals surface area contributed by atoms with Crippen LogP contribution in [-0.4, -0.2) is 32.1 Å². The van der Waals surface area contributed by atoms with E-state index in [1.807, 2.05) is 24.3 Å². The van der Waals surface area contributed by atoms with Crippen molar-refractivity contribution in [3.05, 3.63) is 69.2 Å². The maximum absolute atomic E-state index is 12.1. The number of carbonyl (C=O) groups is 2. The molecule has 7 heteroatoms. The summed E-state index contributed by atoms with van der Waals surface area (Å²) >= 11 is 9.57. The predicted octanol–water partition coefficient (Wildman–Crippen LogP) is 4.13. The Morgan fingerprint density at radius 2 is 2.00 bits per heavy atom. The van der Waals surface area contributed by atoms with Crippen LogP contribution in [0, 0.1) is 0 Å². The molecule has 0 saturated carbocycles. The standard InChI is InChI=1S/C19H18BrClN2O3/c1-26-11-10-22-19(25)15-8-7-14(12-17(15)21)23-18(24)9-6-13-4-2-3-5-16(13)20/h2-9,12H,10-11H2,1H3,(H,22,25)(H,23,24)/b9-6+. The summed E-state index contributed by atoms with van der Waals surface area (Å²) in [6.07, 6.45) is 3.14. The Balaban J connectivity index is 1.99. The van der Waals surface area contributed by atoms with Crippen LogP contribution in [0.15, 0.2) is 53.0 Å². The van der Waals surface area contributed by atoms with Gasteiger partial charge in [-0.25, -0.2) is 0 Å². The van der Waals surface area contributed by atoms with Gasteiger partial charge in [0.2, 0.25) is 5.91 Å². The van der Waals surface area contributed by atoms with Crippen molar-refractivity contribution in [1.82, 2.24) is 5.32 Å². The summed E-state index contributed by atoms with van der Waals surface area (Å²) in [6.45, 7) is 0.811. The first-order valence-electron chi connectivity index (χ1n) is 7.81. The van der Waals surface area contributed by atoms with Gasteiger partial charge < -0.3 is 15.4 Å². The summed E-state index contributed by atoms with van der Waals surface area (Å²) in [5.74, 6) is -0.590. The van der Waals surface area contributed by atoms with Crippen LogP contribution >= 0.6 is 27.5 Å². The molecule has 0 fully saturated rings. The first-order valence-corrected chi connectivity index (χ1v) is 8.98. The quantitative estimate of drug-likeness (QED) is 0.505. The highest BCUT2D eigenvalue weighted by Crippen LogP contribution is 2.21. The second-order valence-corrected chi connectivity index (χ2v) is 6.55. The molecule has 0 bridgehead atoms. The van der Waals surface area contributed by atoms with Crippen LogP contribution in [0.25, 0.3) is 6.08 Å². The van der Waals surface area contributed by atoms with Crippen molar-refractivity contribution in [3.8, 4) is 0 Å². The van der Waals surface area contributed by atoms with Crippen LogP contribution in [-0.2, 0) is 9.53 Å². The molecule has 0 aromatic heterocycles. The minimum atomic E-state index is -0.297. The number of hydrogen-bond donors (Lipinski definition) is 2. The minimum Gasteiger partial charge on any atom is -0.383 e. The second-order valence-electron chi connectivity index (χ2n) is 5.29. The number of nitrogens with one attached hydrogen (secondary N) is 2. The van der Waals surface area contributed by atoms with E-state index in [-0.39, 0.29) is 16.8 Å². The molecule has 5 nitrogen and oxygen atoms in total. The Labute approximate surface area is 165 Å². The fourth-order valence-corrected chi connectivity index (χ4v) is 2.78. The van der Waals surface area contributed by atoms with E-state index in [0.29, 0.717) is 24.4 Å². The fraction of sp³-hybridized carbons (Fsp3) is 0.158. The summed E-state index contributed by atoms with van der Waals surface area (Å²) in [5.41, 5.74) is 1.73. The second kappa shape index (κ2) is 10.1. The van der Waals surface area contributed by atoms with Crippen molar-refractivity contribution >= 4 is 51.1 Å². The molecule has 2 aromatic carbocycles. The number of ether oxygens (including phenoxy) is 1. The molecule has 0 radical (unpaired) electrons. The average molecular weight is 438 g/mol. The van der Waals surface area contributed by atoms with Gasteiger partial charge in [-0.05, 0) is 35.9 Å². The molecule has 0 aliphatic heterocycles. The molecule has 0 aliphatic rings. The van der Waals surface area contributed by atoms with Crippen molar-refractivity contribution in [2.75, 3.05) is 25.6 Å². The van der Waals surface area contributed by atoms with Gasteiger partial charge in [0, 0.05) is 29.9 Å². The first kappa shape index (κ1) is 20.2. The highest BCUT2D eigenvalue weighted by atomic mass is 79.9. The third-order valence-electron chi connectivity index (χ3n) is 3.39. The van der Waals surface area contributed by atoms with Crippen molar-refractivity contribution in [3.63, 3.8) is 0 Å². The van der Waals surface area contributed by atoms with E-state index >= 15 is 0 Å². The van der Waals surface area contributed by atoms with Crippen molar-refractivity contribution in [2.24, 2.45) is 0 Å². The van der Waals surface area contributed by atoms with E-state index in [0.717, 1.165) is 10.0 Å². The van der Waals surface area contributed by atoms with E-state index in [1.54, 1.807) is 25.3 Å². The normalized spacial score (nSPS) is 10.7. The van der Waals surface area contributed by atoms with Crippen LogP contribution in [0.2, 0.25) is 5.02 Å². The lowest BCUT2D eigenvalue weighted by atomic mass is 10.2. The molecule has 0 atom stereocenters. The highest BCUT2D eigenvalue weighted by Gasteiger charge is 2.11. The molecular formula is C19H18BrClN2O3. The zero-order valence-electron chi connectivity index (χ0n) is 14.1. The average Bonchev–Trinajstić information content (AvgIpc) is 2.61. The van der Waals surface area contributed by atoms with Gasteiger partial charge in [0.15, 0.2) is 0 Å². The highest BCUT2D eigenvalue weighted by molar-refractivity contribution is 9.10. The summed E-state index contributed by atoms with van der Waals surface area (Å²) < 4.78 is 5.78. The number of halogens is 2. The maximum atomic E-state index is 12.1. The first-order chi connectivity index (χ1) is 12.5. The Hall–Kier alpha value is -2.15. The lowest BCUT2D eigenvalue weighted by Gasteiger charge is -2.08.